The molecule has 1 aliphatic heterocycles. The van der Waals surface area contributed by atoms with E-state index in [0.29, 0.717) is 0 Å². The number of carboxylic acid groups (broad SMARTS) is 4. The van der Waals surface area contributed by atoms with Crippen molar-refractivity contribution in [1.29, 1.82) is 0 Å². The minimum Gasteiger partial charge on any atom is -0.481 e. The zero-order valence-electron chi connectivity index (χ0n) is 41.5. The van der Waals surface area contributed by atoms with Crippen LogP contribution in [0.25, 0.3) is 10.4 Å². The number of carbonyl (C=O) groups excluding carboxylic acids is 7. The molecule has 0 saturated carbocycles. The summed E-state index contributed by atoms with van der Waals surface area (Å²) in [5, 5.41) is 79.0. The van der Waals surface area contributed by atoms with E-state index in [1.54, 1.807) is 0 Å². The van der Waals surface area contributed by atoms with Gasteiger partial charge in [-0.1, -0.05) is 25.9 Å². The Balaban J connectivity index is 2.95. The molecule has 0 aromatic rings. The maximum Gasteiger partial charge on any atom is 0.305 e. The van der Waals surface area contributed by atoms with Crippen LogP contribution in [0.3, 0.4) is 0 Å². The fraction of sp³-hybridized carbons (Fsp3) is 0.756. The van der Waals surface area contributed by atoms with Crippen LogP contribution in [0.2, 0.25) is 0 Å². The normalized spacial score (nSPS) is 19.4. The van der Waals surface area contributed by atoms with Crippen LogP contribution >= 0.6 is 0 Å². The van der Waals surface area contributed by atoms with Crippen molar-refractivity contribution in [3.8, 4) is 0 Å². The number of carbonyl (C=O) groups is 11. The zero-order valence-corrected chi connectivity index (χ0v) is 41.5. The van der Waals surface area contributed by atoms with Gasteiger partial charge in [0.1, 0.15) is 30.2 Å². The van der Waals surface area contributed by atoms with E-state index in [0.717, 1.165) is 0 Å². The minimum atomic E-state index is -2.09. The van der Waals surface area contributed by atoms with E-state index < -0.39 is 182 Å². The lowest BCUT2D eigenvalue weighted by atomic mass is 9.86. The van der Waals surface area contributed by atoms with Gasteiger partial charge < -0.3 is 75.4 Å². The molecule has 418 valence electrons. The summed E-state index contributed by atoms with van der Waals surface area (Å²) in [6.45, 7) is 5.46. The fourth-order valence-corrected chi connectivity index (χ4v) is 7.21. The van der Waals surface area contributed by atoms with Gasteiger partial charge in [0.25, 0.3) is 0 Å². The maximum absolute atomic E-state index is 13.8. The Bertz CT molecular complexity index is 1950. The summed E-state index contributed by atoms with van der Waals surface area (Å²) in [6, 6.07) is -3.39. The minimum absolute atomic E-state index is 0.0411. The summed E-state index contributed by atoms with van der Waals surface area (Å²) in [5.41, 5.74) is 8.43. The molecule has 0 aliphatic carbocycles. The first-order valence-electron chi connectivity index (χ1n) is 23.8. The highest BCUT2D eigenvalue weighted by molar-refractivity contribution is 5.98. The number of nitrogens with zero attached hydrogens (tertiary/aromatic N) is 3. The van der Waals surface area contributed by atoms with Crippen molar-refractivity contribution in [1.82, 2.24) is 16.0 Å². The Labute approximate surface area is 424 Å². The van der Waals surface area contributed by atoms with Crippen LogP contribution in [0.5, 0.6) is 0 Å². The SMILES string of the molecule is CC(C)[C@H](CC(=O)[C@H](CCC(=O)O)NC(=O)[C@H](CC(=O)O)CC(=O)[C@H]1O[C@@H](CCC(=O)CN=[N+]=[N-])[C@H](O)[C@@H](O)[C@H]1O)C(=O)N[C@@H](CC(=O)O)C(=O)C[C@@H](C)C(=O)NCCOCCOCCOCCOCCC(=O)O. The van der Waals surface area contributed by atoms with Gasteiger partial charge in [-0.25, -0.2) is 0 Å². The molecule has 0 aromatic heterocycles. The second-order valence-electron chi connectivity index (χ2n) is 17.6. The van der Waals surface area contributed by atoms with E-state index >= 15 is 0 Å². The Hall–Kier alpha value is -6.04. The summed E-state index contributed by atoms with van der Waals surface area (Å²) in [6.07, 6.45) is -15.6. The lowest BCUT2D eigenvalue weighted by Gasteiger charge is -2.40. The zero-order chi connectivity index (χ0) is 55.9. The molecule has 10 N–H and O–H groups in total. The van der Waals surface area contributed by atoms with Crippen LogP contribution in [0.15, 0.2) is 5.11 Å². The van der Waals surface area contributed by atoms with Gasteiger partial charge in [0, 0.05) is 55.4 Å². The van der Waals surface area contributed by atoms with Crippen molar-refractivity contribution in [3.63, 3.8) is 0 Å². The Morgan fingerprint density at radius 2 is 1.14 bits per heavy atom. The number of Topliss-reactive ketones (excluding diaryl/α,β-unsaturated/α-hetero) is 4. The average Bonchev–Trinajstić information content (AvgIpc) is 3.32. The van der Waals surface area contributed by atoms with Crippen LogP contribution in [-0.2, 0) is 76.4 Å². The first-order valence-corrected chi connectivity index (χ1v) is 23.8. The smallest absolute Gasteiger partial charge is 0.305 e. The Morgan fingerprint density at radius 1 is 0.595 bits per heavy atom. The van der Waals surface area contributed by atoms with Gasteiger partial charge in [-0.3, -0.25) is 52.7 Å². The quantitative estimate of drug-likeness (QED) is 0.0142. The lowest BCUT2D eigenvalue weighted by molar-refractivity contribution is -0.221. The number of hydrogen-bond donors (Lipinski definition) is 10. The Kier molecular flexibility index (Phi) is 32.1. The summed E-state index contributed by atoms with van der Waals surface area (Å²) >= 11 is 0. The predicted molar refractivity (Wildman–Crippen MR) is 249 cm³/mol. The molecule has 3 amide bonds. The van der Waals surface area contributed by atoms with Crippen molar-refractivity contribution in [2.24, 2.45) is 28.8 Å². The van der Waals surface area contributed by atoms with Crippen molar-refractivity contribution < 1.29 is 112 Å². The number of amides is 3. The summed E-state index contributed by atoms with van der Waals surface area (Å²) in [7, 11) is 0. The van der Waals surface area contributed by atoms with Crippen LogP contribution < -0.4 is 16.0 Å². The molecule has 1 rings (SSSR count). The standard InChI is InChI=1S/C45H70N6O23/c1-24(2)28(45(69)50-30(22-38(62)63)31(53)18-25(3)43(67)47-9-11-71-13-15-73-17-16-72-14-12-70-10-8-36(58)59)21-32(54)29(5-7-35(56)57)49-44(68)26(20-37(60)61)19-33(55)42-41(66)40(65)39(64)34(74-42)6-4-27(52)23-48-51-46/h24-26,28-30,34,39-42,64-66H,4-23H2,1-3H3,(H,47,67)(H,49,68)(H,50,69)(H,56,57)(H,58,59)(H,60,61)(H,62,63)/t25-,26+,28+,29+,30+,34+,39+,40-,41-,42-/m1/s1. The highest BCUT2D eigenvalue weighted by Crippen LogP contribution is 2.27. The average molecular weight is 1060 g/mol. The van der Waals surface area contributed by atoms with E-state index in [4.69, 9.17) is 34.3 Å². The predicted octanol–water partition coefficient (Wildman–Crippen LogP) is -1.66. The molecule has 74 heavy (non-hydrogen) atoms. The van der Waals surface area contributed by atoms with Gasteiger partial charge in [0.2, 0.25) is 17.7 Å². The number of aliphatic hydroxyl groups excluding tert-OH is 3. The summed E-state index contributed by atoms with van der Waals surface area (Å²) in [5.74, 6) is -16.7. The number of ketones is 4. The molecule has 1 fully saturated rings. The molecule has 1 saturated heterocycles. The Morgan fingerprint density at radius 3 is 1.68 bits per heavy atom. The largest absolute Gasteiger partial charge is 0.481 e. The monoisotopic (exact) mass is 1060 g/mol. The molecule has 0 unspecified atom stereocenters. The summed E-state index contributed by atoms with van der Waals surface area (Å²) in [4.78, 5) is 141. The van der Waals surface area contributed by atoms with Crippen molar-refractivity contribution in [2.45, 2.75) is 128 Å². The molecule has 29 nitrogen and oxygen atoms in total. The summed E-state index contributed by atoms with van der Waals surface area (Å²) < 4.78 is 26.7. The van der Waals surface area contributed by atoms with Crippen molar-refractivity contribution >= 4 is 64.7 Å². The third-order valence-electron chi connectivity index (χ3n) is 11.4. The van der Waals surface area contributed by atoms with Crippen LogP contribution in [-0.4, -0.2) is 209 Å². The van der Waals surface area contributed by atoms with E-state index in [1.165, 1.54) is 20.8 Å². The highest BCUT2D eigenvalue weighted by atomic mass is 16.6. The number of aliphatic hydroxyl groups is 3. The van der Waals surface area contributed by atoms with Crippen LogP contribution in [0, 0.1) is 23.7 Å². The van der Waals surface area contributed by atoms with E-state index in [9.17, 15) is 83.4 Å². The third kappa shape index (κ3) is 26.8. The third-order valence-corrected chi connectivity index (χ3v) is 11.4. The van der Waals surface area contributed by atoms with Gasteiger partial charge in [-0.15, -0.1) is 0 Å². The number of rotatable bonds is 42. The lowest BCUT2D eigenvalue weighted by Crippen LogP contribution is -2.60. The van der Waals surface area contributed by atoms with E-state index in [1.807, 2.05) is 0 Å². The van der Waals surface area contributed by atoms with Crippen LogP contribution in [0.1, 0.15) is 85.0 Å². The van der Waals surface area contributed by atoms with E-state index in [2.05, 4.69) is 26.0 Å². The van der Waals surface area contributed by atoms with Crippen molar-refractivity contribution in [2.75, 3.05) is 65.9 Å². The molecular formula is C45H70N6O23. The van der Waals surface area contributed by atoms with E-state index in [-0.39, 0.29) is 78.7 Å². The fourth-order valence-electron chi connectivity index (χ4n) is 7.21. The second-order valence-corrected chi connectivity index (χ2v) is 17.6. The van der Waals surface area contributed by atoms with Crippen LogP contribution in [0.4, 0.5) is 0 Å². The van der Waals surface area contributed by atoms with Gasteiger partial charge >= 0.3 is 23.9 Å². The second kappa shape index (κ2) is 36.0. The molecule has 0 aromatic carbocycles. The van der Waals surface area contributed by atoms with Gasteiger partial charge in [-0.05, 0) is 24.3 Å². The molecule has 0 radical (unpaired) electrons. The van der Waals surface area contributed by atoms with Gasteiger partial charge in [0.15, 0.2) is 17.3 Å². The molecule has 29 heteroatoms. The molecule has 1 aliphatic rings. The topological polar surface area (TPSA) is 460 Å². The first kappa shape index (κ1) is 66.0. The first-order chi connectivity index (χ1) is 34.9. The van der Waals surface area contributed by atoms with Crippen molar-refractivity contribution in [3.05, 3.63) is 10.4 Å². The number of ether oxygens (including phenoxy) is 5. The number of nitrogens with one attached hydrogen (secondary N) is 3. The van der Waals surface area contributed by atoms with Gasteiger partial charge in [0.05, 0.1) is 103 Å². The number of aliphatic carboxylic acids is 4. The number of carboxylic acids is 4. The number of hydrogen-bond acceptors (Lipinski definition) is 20. The molecule has 0 bridgehead atoms. The molecular weight excluding hydrogens is 993 g/mol. The number of azide groups is 1. The van der Waals surface area contributed by atoms with Gasteiger partial charge in [-0.2, -0.15) is 0 Å². The molecule has 10 atom stereocenters. The highest BCUT2D eigenvalue weighted by Gasteiger charge is 2.47. The molecule has 0 spiro atoms. The molecule has 1 heterocycles. The maximum atomic E-state index is 13.8.